The Morgan fingerprint density at radius 2 is 0.684 bits per heavy atom. The summed E-state index contributed by atoms with van der Waals surface area (Å²) in [6.07, 6.45) is 0. The number of hydrogen-bond donors (Lipinski definition) is 0. The summed E-state index contributed by atoms with van der Waals surface area (Å²) in [4.78, 5) is 0. The lowest BCUT2D eigenvalue weighted by atomic mass is 11.8. The molecule has 0 spiro atoms. The Morgan fingerprint density at radius 3 is 0.842 bits per heavy atom. The van der Waals surface area contributed by atoms with Gasteiger partial charge in [0.2, 0.25) is 0 Å². The topological polar surface area (TPSA) is 73.8 Å². The monoisotopic (exact) mass is 332 g/mol. The molecule has 0 amide bonds. The van der Waals surface area contributed by atoms with Gasteiger partial charge in [0.1, 0.15) is 0 Å². The molecule has 0 radical (unpaired) electrons. The molecule has 0 saturated carbocycles. The zero-order chi connectivity index (χ0) is 15.2. The molecule has 0 heterocycles. The summed E-state index contributed by atoms with van der Waals surface area (Å²) >= 11 is 0. The second-order valence-electron chi connectivity index (χ2n) is 3.83. The minimum atomic E-state index is -3.20. The molecule has 0 atom stereocenters. The van der Waals surface area contributed by atoms with Crippen molar-refractivity contribution in [3.63, 3.8) is 0 Å². The molecule has 0 unspecified atom stereocenters. The van der Waals surface area contributed by atoms with E-state index in [9.17, 15) is 0 Å². The van der Waals surface area contributed by atoms with Crippen LogP contribution < -0.4 is 0 Å². The van der Waals surface area contributed by atoms with Crippen LogP contribution in [0.3, 0.4) is 0 Å². The summed E-state index contributed by atoms with van der Waals surface area (Å²) in [5.41, 5.74) is 0. The minimum Gasteiger partial charge on any atom is -0.371 e. The molecule has 8 nitrogen and oxygen atoms in total. The van der Waals surface area contributed by atoms with E-state index in [-0.39, 0.29) is 0 Å². The fourth-order valence-corrected chi connectivity index (χ4v) is 9.73. The van der Waals surface area contributed by atoms with Crippen molar-refractivity contribution in [2.75, 3.05) is 42.7 Å². The maximum Gasteiger partial charge on any atom is 0.669 e. The van der Waals surface area contributed by atoms with E-state index in [2.05, 4.69) is 0 Å². The molecule has 116 valence electrons. The molecule has 0 saturated heterocycles. The molecule has 11 heteroatoms. The first-order valence-corrected chi connectivity index (χ1v) is 11.6. The van der Waals surface area contributed by atoms with Crippen LogP contribution in [0.15, 0.2) is 0 Å². The molecule has 19 heavy (non-hydrogen) atoms. The van der Waals surface area contributed by atoms with Gasteiger partial charge in [0.05, 0.1) is 0 Å². The van der Waals surface area contributed by atoms with Gasteiger partial charge < -0.3 is 34.8 Å². The molecular formula is C8H24O8Si3. The second kappa shape index (κ2) is 7.94. The third-order valence-corrected chi connectivity index (χ3v) is 11.2. The van der Waals surface area contributed by atoms with Gasteiger partial charge in [-0.3, -0.25) is 0 Å². The highest BCUT2D eigenvalue weighted by atomic mass is 28.5. The highest BCUT2D eigenvalue weighted by Gasteiger charge is 2.55. The smallest absolute Gasteiger partial charge is 0.371 e. The van der Waals surface area contributed by atoms with Gasteiger partial charge in [-0.05, 0) is 13.1 Å². The summed E-state index contributed by atoms with van der Waals surface area (Å²) in [5, 5.41) is 0. The largest absolute Gasteiger partial charge is 0.669 e. The minimum absolute atomic E-state index is 1.46. The van der Waals surface area contributed by atoms with Crippen molar-refractivity contribution in [1.29, 1.82) is 0 Å². The van der Waals surface area contributed by atoms with E-state index in [0.717, 1.165) is 0 Å². The Hall–Kier alpha value is 0.331. The van der Waals surface area contributed by atoms with E-state index in [0.29, 0.717) is 0 Å². The molecule has 0 aliphatic carbocycles. The first-order valence-electron chi connectivity index (χ1n) is 5.49. The Balaban J connectivity index is 4.96. The maximum atomic E-state index is 5.82. The molecule has 0 rings (SSSR count). The SMILES string of the molecule is CO[Si](OC)(OC)O[Si](C)(C)O[Si](OC)(OC)OC. The predicted octanol–water partition coefficient (Wildman–Crippen LogP) is 0.471. The Kier molecular flexibility index (Phi) is 8.08. The Labute approximate surface area is 118 Å². The van der Waals surface area contributed by atoms with Gasteiger partial charge in [-0.25, -0.2) is 0 Å². The van der Waals surface area contributed by atoms with Gasteiger partial charge in [-0.2, -0.15) is 0 Å². The van der Waals surface area contributed by atoms with Crippen molar-refractivity contribution in [2.45, 2.75) is 13.1 Å². The molecular weight excluding hydrogens is 308 g/mol. The zero-order valence-corrected chi connectivity index (χ0v) is 15.8. The average Bonchev–Trinajstić information content (AvgIpc) is 2.42. The zero-order valence-electron chi connectivity index (χ0n) is 12.8. The third kappa shape index (κ3) is 5.31. The average molecular weight is 333 g/mol. The first-order chi connectivity index (χ1) is 8.78. The van der Waals surface area contributed by atoms with Crippen LogP contribution in [-0.4, -0.2) is 69.3 Å². The molecule has 0 aliphatic heterocycles. The highest BCUT2D eigenvalue weighted by molar-refractivity contribution is 6.80. The van der Waals surface area contributed by atoms with Crippen molar-refractivity contribution < 1.29 is 34.8 Å². The van der Waals surface area contributed by atoms with E-state index in [1.165, 1.54) is 42.7 Å². The van der Waals surface area contributed by atoms with Crippen molar-refractivity contribution >= 4 is 26.7 Å². The van der Waals surface area contributed by atoms with Gasteiger partial charge in [0, 0.05) is 42.7 Å². The van der Waals surface area contributed by atoms with Crippen LogP contribution in [0.5, 0.6) is 0 Å². The molecule has 0 aromatic rings. The van der Waals surface area contributed by atoms with E-state index < -0.39 is 26.7 Å². The predicted molar refractivity (Wildman–Crippen MR) is 73.2 cm³/mol. The van der Waals surface area contributed by atoms with Crippen molar-refractivity contribution in [1.82, 2.24) is 0 Å². The van der Waals surface area contributed by atoms with E-state index in [4.69, 9.17) is 34.8 Å². The Morgan fingerprint density at radius 1 is 0.474 bits per heavy atom. The molecule has 0 aliphatic rings. The van der Waals surface area contributed by atoms with E-state index in [1.807, 2.05) is 0 Å². The van der Waals surface area contributed by atoms with Crippen LogP contribution in [0.25, 0.3) is 0 Å². The lowest BCUT2D eigenvalue weighted by Gasteiger charge is -2.35. The van der Waals surface area contributed by atoms with Gasteiger partial charge >= 0.3 is 26.7 Å². The molecule has 0 bridgehead atoms. The molecule has 0 fully saturated rings. The highest BCUT2D eigenvalue weighted by Crippen LogP contribution is 2.22. The van der Waals surface area contributed by atoms with Crippen LogP contribution in [0.4, 0.5) is 0 Å². The first kappa shape index (κ1) is 19.3. The summed E-state index contributed by atoms with van der Waals surface area (Å²) < 4.78 is 42.9. The van der Waals surface area contributed by atoms with Gasteiger partial charge in [0.15, 0.2) is 0 Å². The fourth-order valence-electron chi connectivity index (χ4n) is 1.37. The van der Waals surface area contributed by atoms with Crippen LogP contribution in [0.2, 0.25) is 13.1 Å². The number of rotatable bonds is 10. The van der Waals surface area contributed by atoms with Gasteiger partial charge in [-0.15, -0.1) is 0 Å². The summed E-state index contributed by atoms with van der Waals surface area (Å²) in [7, 11) is -0.389. The maximum absolute atomic E-state index is 5.82. The molecule has 0 N–H and O–H groups in total. The van der Waals surface area contributed by atoms with Crippen LogP contribution >= 0.6 is 0 Å². The summed E-state index contributed by atoms with van der Waals surface area (Å²) in [5.74, 6) is 0. The lowest BCUT2D eigenvalue weighted by molar-refractivity contribution is 0.0165. The van der Waals surface area contributed by atoms with Crippen molar-refractivity contribution in [3.05, 3.63) is 0 Å². The van der Waals surface area contributed by atoms with E-state index >= 15 is 0 Å². The third-order valence-electron chi connectivity index (χ3n) is 2.24. The standard InChI is InChI=1S/C8H24O8Si3/c1-9-18(10-2,11-3)15-17(7,8)16-19(12-4,13-5)14-6/h1-8H3. The molecule has 0 aromatic carbocycles. The summed E-state index contributed by atoms with van der Waals surface area (Å²) in [6, 6.07) is 0. The quantitative estimate of drug-likeness (QED) is 0.535. The van der Waals surface area contributed by atoms with Crippen molar-refractivity contribution in [3.8, 4) is 0 Å². The summed E-state index contributed by atoms with van der Waals surface area (Å²) in [6.45, 7) is 3.59. The lowest BCUT2D eigenvalue weighted by Crippen LogP contribution is -2.61. The van der Waals surface area contributed by atoms with Gasteiger partial charge in [0.25, 0.3) is 0 Å². The van der Waals surface area contributed by atoms with Crippen LogP contribution in [0.1, 0.15) is 0 Å². The van der Waals surface area contributed by atoms with E-state index in [1.54, 1.807) is 13.1 Å². The fraction of sp³-hybridized carbons (Fsp3) is 1.00. The normalized spacial score (nSPS) is 13.9. The number of hydrogen-bond acceptors (Lipinski definition) is 8. The van der Waals surface area contributed by atoms with Crippen LogP contribution in [-0.2, 0) is 34.8 Å². The Bertz CT molecular complexity index is 216. The van der Waals surface area contributed by atoms with Crippen LogP contribution in [0, 0.1) is 0 Å². The molecule has 0 aromatic heterocycles. The van der Waals surface area contributed by atoms with Gasteiger partial charge in [-0.1, -0.05) is 0 Å². The second-order valence-corrected chi connectivity index (χ2v) is 12.7. The van der Waals surface area contributed by atoms with Crippen molar-refractivity contribution in [2.24, 2.45) is 0 Å².